The highest BCUT2D eigenvalue weighted by atomic mass is 14.1. The Labute approximate surface area is 68.3 Å². The molecule has 58 valence electrons. The van der Waals surface area contributed by atoms with Gasteiger partial charge >= 0.3 is 0 Å². The first kappa shape index (κ1) is 6.90. The van der Waals surface area contributed by atoms with E-state index >= 15 is 0 Å². The molecule has 0 heterocycles. The van der Waals surface area contributed by atoms with Gasteiger partial charge in [-0.25, -0.2) is 0 Å². The molecule has 0 heteroatoms. The molecule has 0 unspecified atom stereocenters. The van der Waals surface area contributed by atoms with Crippen molar-refractivity contribution < 1.29 is 0 Å². The summed E-state index contributed by atoms with van der Waals surface area (Å²) in [6, 6.07) is 0. The summed E-state index contributed by atoms with van der Waals surface area (Å²) in [6.45, 7) is 0. The fourth-order valence-electron chi connectivity index (χ4n) is 1.84. The zero-order chi connectivity index (χ0) is 7.52. The van der Waals surface area contributed by atoms with E-state index < -0.39 is 0 Å². The second kappa shape index (κ2) is 3.08. The van der Waals surface area contributed by atoms with Crippen LogP contribution in [0.1, 0.15) is 32.1 Å². The van der Waals surface area contributed by atoms with Gasteiger partial charge in [0.05, 0.1) is 0 Å². The first-order valence-electron chi connectivity index (χ1n) is 4.49. The van der Waals surface area contributed by atoms with Gasteiger partial charge in [0.2, 0.25) is 0 Å². The van der Waals surface area contributed by atoms with Gasteiger partial charge < -0.3 is 0 Å². The lowest BCUT2D eigenvalue weighted by Gasteiger charge is -2.00. The molecule has 0 aromatic heterocycles. The normalized spacial score (nSPS) is 23.3. The van der Waals surface area contributed by atoms with Gasteiger partial charge in [-0.1, -0.05) is 35.5 Å². The molecule has 11 heavy (non-hydrogen) atoms. The molecular weight excluding hydrogens is 132 g/mol. The van der Waals surface area contributed by atoms with Gasteiger partial charge in [-0.15, -0.1) is 0 Å². The highest BCUT2D eigenvalue weighted by molar-refractivity contribution is 5.29. The Morgan fingerprint density at radius 3 is 1.91 bits per heavy atom. The molecular formula is C11H14. The third-order valence-electron chi connectivity index (χ3n) is 2.47. The third kappa shape index (κ3) is 1.62. The van der Waals surface area contributed by atoms with Crippen LogP contribution in [0.3, 0.4) is 0 Å². The average molecular weight is 146 g/mol. The van der Waals surface area contributed by atoms with Crippen LogP contribution >= 0.6 is 0 Å². The second-order valence-electron chi connectivity index (χ2n) is 3.42. The van der Waals surface area contributed by atoms with Crippen LogP contribution in [0.25, 0.3) is 0 Å². The van der Waals surface area contributed by atoms with E-state index in [1.165, 1.54) is 32.1 Å². The molecule has 0 aromatic carbocycles. The van der Waals surface area contributed by atoms with Gasteiger partial charge in [0.15, 0.2) is 0 Å². The van der Waals surface area contributed by atoms with Crippen molar-refractivity contribution in [3.63, 3.8) is 0 Å². The summed E-state index contributed by atoms with van der Waals surface area (Å²) in [6.07, 6.45) is 15.6. The molecule has 1 saturated carbocycles. The van der Waals surface area contributed by atoms with E-state index in [-0.39, 0.29) is 0 Å². The molecule has 2 bridgehead atoms. The van der Waals surface area contributed by atoms with Crippen molar-refractivity contribution in [2.45, 2.75) is 32.1 Å². The summed E-state index contributed by atoms with van der Waals surface area (Å²) in [7, 11) is 0. The molecule has 0 aromatic rings. The molecule has 0 N–H and O–H groups in total. The van der Waals surface area contributed by atoms with Crippen molar-refractivity contribution in [2.24, 2.45) is 0 Å². The van der Waals surface area contributed by atoms with E-state index in [1.54, 1.807) is 11.1 Å². The molecule has 0 aliphatic heterocycles. The van der Waals surface area contributed by atoms with E-state index in [0.29, 0.717) is 0 Å². The zero-order valence-corrected chi connectivity index (χ0v) is 6.84. The van der Waals surface area contributed by atoms with Crippen LogP contribution in [-0.4, -0.2) is 0 Å². The van der Waals surface area contributed by atoms with E-state index in [4.69, 9.17) is 0 Å². The highest BCUT2D eigenvalue weighted by Gasteiger charge is 2.08. The van der Waals surface area contributed by atoms with Crippen LogP contribution in [0, 0.1) is 0 Å². The Balaban J connectivity index is 2.27. The smallest absolute Gasteiger partial charge is 0.0102 e. The predicted octanol–water partition coefficient (Wildman–Crippen LogP) is 3.37. The topological polar surface area (TPSA) is 0 Å². The molecule has 2 aliphatic carbocycles. The first-order valence-corrected chi connectivity index (χ1v) is 4.49. The van der Waals surface area contributed by atoms with Crippen molar-refractivity contribution in [1.82, 2.24) is 0 Å². The molecule has 0 radical (unpaired) electrons. The summed E-state index contributed by atoms with van der Waals surface area (Å²) in [4.78, 5) is 0. The fraction of sp³-hybridized carbons (Fsp3) is 0.455. The zero-order valence-electron chi connectivity index (χ0n) is 6.84. The minimum absolute atomic E-state index is 1.24. The average Bonchev–Trinajstić information content (AvgIpc) is 2.36. The van der Waals surface area contributed by atoms with Gasteiger partial charge in [0.1, 0.15) is 0 Å². The number of hydrogen-bond donors (Lipinski definition) is 0. The fourth-order valence-corrected chi connectivity index (χ4v) is 1.84. The van der Waals surface area contributed by atoms with Crippen molar-refractivity contribution in [3.8, 4) is 0 Å². The Bertz CT molecular complexity index is 204. The van der Waals surface area contributed by atoms with Crippen LogP contribution < -0.4 is 0 Å². The molecule has 0 nitrogen and oxygen atoms in total. The highest BCUT2D eigenvalue weighted by Crippen LogP contribution is 2.27. The molecule has 0 atom stereocenters. The van der Waals surface area contributed by atoms with Crippen molar-refractivity contribution >= 4 is 0 Å². The standard InChI is InChI=1S/C11H14/c1-2-6-11-8-4-3-7-10(5-1)9-11/h1-2,5-6H,3-4,7-9H2. The lowest BCUT2D eigenvalue weighted by Crippen LogP contribution is -1.81. The molecule has 1 fully saturated rings. The summed E-state index contributed by atoms with van der Waals surface area (Å²) < 4.78 is 0. The van der Waals surface area contributed by atoms with Crippen molar-refractivity contribution in [3.05, 3.63) is 35.5 Å². The minimum Gasteiger partial charge on any atom is -0.0662 e. The summed E-state index contributed by atoms with van der Waals surface area (Å²) in [5.74, 6) is 0. The Kier molecular flexibility index (Phi) is 1.93. The van der Waals surface area contributed by atoms with Crippen molar-refractivity contribution in [1.29, 1.82) is 0 Å². The Hall–Kier alpha value is -0.780. The van der Waals surface area contributed by atoms with E-state index in [9.17, 15) is 0 Å². The number of rotatable bonds is 0. The Morgan fingerprint density at radius 2 is 1.36 bits per heavy atom. The van der Waals surface area contributed by atoms with Crippen LogP contribution in [0.15, 0.2) is 35.5 Å². The maximum absolute atomic E-state index is 2.29. The van der Waals surface area contributed by atoms with Crippen LogP contribution in [0.4, 0.5) is 0 Å². The summed E-state index contributed by atoms with van der Waals surface area (Å²) in [5.41, 5.74) is 3.25. The van der Waals surface area contributed by atoms with Gasteiger partial charge in [0.25, 0.3) is 0 Å². The van der Waals surface area contributed by atoms with Gasteiger partial charge in [-0.05, 0) is 32.1 Å². The van der Waals surface area contributed by atoms with Crippen LogP contribution in [-0.2, 0) is 0 Å². The van der Waals surface area contributed by atoms with Crippen LogP contribution in [0.2, 0.25) is 0 Å². The molecule has 0 saturated heterocycles. The quantitative estimate of drug-likeness (QED) is 0.491. The lowest BCUT2D eigenvalue weighted by atomic mass is 10.1. The molecule has 2 aliphatic rings. The van der Waals surface area contributed by atoms with E-state index in [2.05, 4.69) is 24.3 Å². The predicted molar refractivity (Wildman–Crippen MR) is 48.4 cm³/mol. The molecule has 0 spiro atoms. The molecule has 2 rings (SSSR count). The monoisotopic (exact) mass is 146 g/mol. The summed E-state index contributed by atoms with van der Waals surface area (Å²) in [5, 5.41) is 0. The maximum Gasteiger partial charge on any atom is -0.0102 e. The second-order valence-corrected chi connectivity index (χ2v) is 3.42. The Morgan fingerprint density at radius 1 is 0.818 bits per heavy atom. The molecule has 0 amide bonds. The largest absolute Gasteiger partial charge is 0.0662 e. The number of fused-ring (bicyclic) bond motifs is 2. The van der Waals surface area contributed by atoms with Gasteiger partial charge in [0, 0.05) is 0 Å². The summed E-state index contributed by atoms with van der Waals surface area (Å²) >= 11 is 0. The SMILES string of the molecule is C1=CC=C2CCCCC(=C1)C2. The minimum atomic E-state index is 1.24. The van der Waals surface area contributed by atoms with Gasteiger partial charge in [-0.3, -0.25) is 0 Å². The van der Waals surface area contributed by atoms with E-state index in [1.807, 2.05) is 0 Å². The number of hydrogen-bond acceptors (Lipinski definition) is 0. The lowest BCUT2D eigenvalue weighted by molar-refractivity contribution is 0.762. The van der Waals surface area contributed by atoms with Gasteiger partial charge in [-0.2, -0.15) is 0 Å². The van der Waals surface area contributed by atoms with Crippen molar-refractivity contribution in [2.75, 3.05) is 0 Å². The van der Waals surface area contributed by atoms with Crippen LogP contribution in [0.5, 0.6) is 0 Å². The maximum atomic E-state index is 2.29. The van der Waals surface area contributed by atoms with E-state index in [0.717, 1.165) is 0 Å². The number of allylic oxidation sites excluding steroid dienone is 6. The third-order valence-corrected chi connectivity index (χ3v) is 2.47. The first-order chi connectivity index (χ1) is 5.45.